The molecule has 0 spiro atoms. The highest BCUT2D eigenvalue weighted by molar-refractivity contribution is 7.88. The molecule has 0 aromatic heterocycles. The van der Waals surface area contributed by atoms with Crippen LogP contribution in [0.2, 0.25) is 0 Å². The summed E-state index contributed by atoms with van der Waals surface area (Å²) in [6.07, 6.45) is 1.71. The van der Waals surface area contributed by atoms with Crippen molar-refractivity contribution in [2.45, 2.75) is 37.1 Å². The Morgan fingerprint density at radius 2 is 1.62 bits per heavy atom. The molecule has 5 nitrogen and oxygen atoms in total. The SMILES string of the molecule is O=C(N1CCCC1)C1(F)CCN(S(=O)(=O)Cc2ccccc2)CC1. The summed E-state index contributed by atoms with van der Waals surface area (Å²) in [6.45, 7) is 1.34. The third kappa shape index (κ3) is 3.62. The molecular formula is C17H23FN2O3S. The first-order valence-corrected chi connectivity index (χ1v) is 10.0. The lowest BCUT2D eigenvalue weighted by Gasteiger charge is -2.36. The molecule has 1 amide bonds. The normalized spacial score (nSPS) is 21.8. The van der Waals surface area contributed by atoms with Gasteiger partial charge in [0.25, 0.3) is 5.91 Å². The van der Waals surface area contributed by atoms with Gasteiger partial charge >= 0.3 is 0 Å². The molecule has 2 aliphatic rings. The monoisotopic (exact) mass is 354 g/mol. The molecule has 0 bridgehead atoms. The Bertz CT molecular complexity index is 679. The number of carbonyl (C=O) groups excluding carboxylic acids is 1. The van der Waals surface area contributed by atoms with E-state index in [4.69, 9.17) is 0 Å². The highest BCUT2D eigenvalue weighted by Gasteiger charge is 2.46. The summed E-state index contributed by atoms with van der Waals surface area (Å²) in [7, 11) is -3.49. The Morgan fingerprint density at radius 3 is 2.21 bits per heavy atom. The van der Waals surface area contributed by atoms with Crippen LogP contribution in [0, 0.1) is 0 Å². The van der Waals surface area contributed by atoms with Crippen LogP contribution in [0.15, 0.2) is 30.3 Å². The molecule has 132 valence electrons. The number of nitrogens with zero attached hydrogens (tertiary/aromatic N) is 2. The van der Waals surface area contributed by atoms with Gasteiger partial charge in [0.1, 0.15) is 0 Å². The molecule has 2 fully saturated rings. The van der Waals surface area contributed by atoms with Crippen LogP contribution >= 0.6 is 0 Å². The van der Waals surface area contributed by atoms with Crippen LogP contribution < -0.4 is 0 Å². The first kappa shape index (κ1) is 17.4. The Morgan fingerprint density at radius 1 is 1.04 bits per heavy atom. The molecule has 1 aromatic rings. The molecule has 0 aliphatic carbocycles. The molecule has 7 heteroatoms. The van der Waals surface area contributed by atoms with Crippen LogP contribution in [0.25, 0.3) is 0 Å². The molecule has 0 atom stereocenters. The van der Waals surface area contributed by atoms with E-state index in [0.717, 1.165) is 12.8 Å². The van der Waals surface area contributed by atoms with Crippen molar-refractivity contribution in [1.29, 1.82) is 0 Å². The lowest BCUT2D eigenvalue weighted by molar-refractivity contribution is -0.145. The number of amides is 1. The number of hydrogen-bond acceptors (Lipinski definition) is 3. The van der Waals surface area contributed by atoms with Crippen LogP contribution in [-0.4, -0.2) is 55.4 Å². The van der Waals surface area contributed by atoms with Crippen molar-refractivity contribution in [3.8, 4) is 0 Å². The average molecular weight is 354 g/mol. The minimum Gasteiger partial charge on any atom is -0.340 e. The van der Waals surface area contributed by atoms with E-state index in [1.54, 1.807) is 29.2 Å². The lowest BCUT2D eigenvalue weighted by Crippen LogP contribution is -2.52. The van der Waals surface area contributed by atoms with Crippen molar-refractivity contribution in [3.63, 3.8) is 0 Å². The zero-order valence-corrected chi connectivity index (χ0v) is 14.5. The van der Waals surface area contributed by atoms with Gasteiger partial charge in [-0.25, -0.2) is 17.1 Å². The molecule has 0 N–H and O–H groups in total. The van der Waals surface area contributed by atoms with E-state index >= 15 is 0 Å². The van der Waals surface area contributed by atoms with Gasteiger partial charge in [0.05, 0.1) is 5.75 Å². The van der Waals surface area contributed by atoms with Gasteiger partial charge in [0, 0.05) is 39.0 Å². The van der Waals surface area contributed by atoms with E-state index in [1.807, 2.05) is 6.07 Å². The standard InChI is InChI=1S/C17H23FN2O3S/c18-17(16(21)19-10-4-5-11-19)8-12-20(13-9-17)24(22,23)14-15-6-2-1-3-7-15/h1-3,6-7H,4-5,8-14H2. The van der Waals surface area contributed by atoms with Crippen LogP contribution in [0.3, 0.4) is 0 Å². The number of rotatable bonds is 4. The third-order valence-electron chi connectivity index (χ3n) is 4.88. The minimum atomic E-state index is -3.49. The number of piperidine rings is 1. The fraction of sp³-hybridized carbons (Fsp3) is 0.588. The largest absolute Gasteiger partial charge is 0.340 e. The number of likely N-dealkylation sites (tertiary alicyclic amines) is 1. The predicted octanol–water partition coefficient (Wildman–Crippen LogP) is 1.94. The van der Waals surface area contributed by atoms with Crippen molar-refractivity contribution in [3.05, 3.63) is 35.9 Å². The van der Waals surface area contributed by atoms with Crippen molar-refractivity contribution in [2.75, 3.05) is 26.2 Å². The Kier molecular flexibility index (Phi) is 4.92. The second-order valence-corrected chi connectivity index (χ2v) is 8.57. The second-order valence-electron chi connectivity index (χ2n) is 6.61. The van der Waals surface area contributed by atoms with E-state index in [-0.39, 0.29) is 31.7 Å². The molecule has 2 heterocycles. The zero-order valence-electron chi connectivity index (χ0n) is 13.7. The third-order valence-corrected chi connectivity index (χ3v) is 6.73. The molecule has 2 saturated heterocycles. The van der Waals surface area contributed by atoms with Gasteiger partial charge in [-0.3, -0.25) is 4.79 Å². The number of halogens is 1. The topological polar surface area (TPSA) is 57.7 Å². The Balaban J connectivity index is 1.62. The maximum atomic E-state index is 15.0. The first-order chi connectivity index (χ1) is 11.4. The zero-order chi connectivity index (χ0) is 17.2. The van der Waals surface area contributed by atoms with Crippen molar-refractivity contribution in [1.82, 2.24) is 9.21 Å². The molecule has 0 unspecified atom stereocenters. The van der Waals surface area contributed by atoms with Gasteiger partial charge in [-0.1, -0.05) is 30.3 Å². The van der Waals surface area contributed by atoms with Crippen LogP contribution in [0.1, 0.15) is 31.2 Å². The van der Waals surface area contributed by atoms with Gasteiger partial charge < -0.3 is 4.90 Å². The fourth-order valence-electron chi connectivity index (χ4n) is 3.41. The highest BCUT2D eigenvalue weighted by Crippen LogP contribution is 2.31. The van der Waals surface area contributed by atoms with E-state index in [9.17, 15) is 17.6 Å². The Labute approximate surface area is 142 Å². The van der Waals surface area contributed by atoms with E-state index in [0.29, 0.717) is 18.7 Å². The van der Waals surface area contributed by atoms with Crippen molar-refractivity contribution < 1.29 is 17.6 Å². The summed E-state index contributed by atoms with van der Waals surface area (Å²) in [6, 6.07) is 8.94. The van der Waals surface area contributed by atoms with E-state index < -0.39 is 21.6 Å². The molecule has 2 aliphatic heterocycles. The average Bonchev–Trinajstić information content (AvgIpc) is 3.09. The van der Waals surface area contributed by atoms with Gasteiger partial charge in [-0.15, -0.1) is 0 Å². The summed E-state index contributed by atoms with van der Waals surface area (Å²) < 4.78 is 41.3. The number of hydrogen-bond donors (Lipinski definition) is 0. The number of carbonyl (C=O) groups is 1. The molecule has 1 aromatic carbocycles. The molecule has 24 heavy (non-hydrogen) atoms. The Hall–Kier alpha value is -1.47. The van der Waals surface area contributed by atoms with Crippen LogP contribution in [-0.2, 0) is 20.6 Å². The molecular weight excluding hydrogens is 331 g/mol. The number of alkyl halides is 1. The summed E-state index contributed by atoms with van der Waals surface area (Å²) in [5.41, 5.74) is -1.20. The maximum Gasteiger partial charge on any atom is 0.260 e. The van der Waals surface area contributed by atoms with Gasteiger partial charge in [-0.05, 0) is 18.4 Å². The molecule has 0 radical (unpaired) electrons. The van der Waals surface area contributed by atoms with Gasteiger partial charge in [0.2, 0.25) is 10.0 Å². The smallest absolute Gasteiger partial charge is 0.260 e. The molecule has 3 rings (SSSR count). The molecule has 0 saturated carbocycles. The summed E-state index contributed by atoms with van der Waals surface area (Å²) in [4.78, 5) is 13.9. The van der Waals surface area contributed by atoms with Crippen LogP contribution in [0.4, 0.5) is 4.39 Å². The maximum absolute atomic E-state index is 15.0. The van der Waals surface area contributed by atoms with Crippen molar-refractivity contribution >= 4 is 15.9 Å². The van der Waals surface area contributed by atoms with E-state index in [1.165, 1.54) is 4.31 Å². The second kappa shape index (κ2) is 6.80. The highest BCUT2D eigenvalue weighted by atomic mass is 32.2. The summed E-state index contributed by atoms with van der Waals surface area (Å²) in [5, 5.41) is 0. The van der Waals surface area contributed by atoms with Gasteiger partial charge in [0.15, 0.2) is 5.67 Å². The van der Waals surface area contributed by atoms with Gasteiger partial charge in [-0.2, -0.15) is 0 Å². The number of benzene rings is 1. The quantitative estimate of drug-likeness (QED) is 0.830. The van der Waals surface area contributed by atoms with Crippen LogP contribution in [0.5, 0.6) is 0 Å². The fourth-order valence-corrected chi connectivity index (χ4v) is 4.95. The predicted molar refractivity (Wildman–Crippen MR) is 89.5 cm³/mol. The first-order valence-electron chi connectivity index (χ1n) is 8.41. The number of sulfonamides is 1. The minimum absolute atomic E-state index is 0.0592. The summed E-state index contributed by atoms with van der Waals surface area (Å²) in [5.74, 6) is -0.548. The van der Waals surface area contributed by atoms with E-state index in [2.05, 4.69) is 0 Å². The van der Waals surface area contributed by atoms with Crippen molar-refractivity contribution in [2.24, 2.45) is 0 Å². The lowest BCUT2D eigenvalue weighted by atomic mass is 9.93. The summed E-state index contributed by atoms with van der Waals surface area (Å²) >= 11 is 0.